The molecule has 0 heterocycles. The first-order valence-electron chi connectivity index (χ1n) is 8.87. The highest BCUT2D eigenvalue weighted by Crippen LogP contribution is 2.39. The summed E-state index contributed by atoms with van der Waals surface area (Å²) in [6.07, 6.45) is 5.58. The van der Waals surface area contributed by atoms with Crippen molar-refractivity contribution in [3.05, 3.63) is 0 Å². The van der Waals surface area contributed by atoms with E-state index in [0.717, 1.165) is 25.6 Å². The largest absolute Gasteiger partial charge is 0.377 e. The molecule has 0 aromatic heterocycles. The fourth-order valence-corrected chi connectivity index (χ4v) is 3.46. The van der Waals surface area contributed by atoms with Crippen LogP contribution in [0, 0.1) is 11.3 Å². The van der Waals surface area contributed by atoms with Gasteiger partial charge in [0, 0.05) is 19.1 Å². The number of ether oxygens (including phenoxy) is 1. The summed E-state index contributed by atoms with van der Waals surface area (Å²) in [4.78, 5) is 2.45. The lowest BCUT2D eigenvalue weighted by molar-refractivity contribution is 0.0519. The molecule has 0 spiro atoms. The van der Waals surface area contributed by atoms with E-state index in [1.165, 1.54) is 32.2 Å². The molecule has 0 bridgehead atoms. The van der Waals surface area contributed by atoms with Crippen LogP contribution < -0.4 is 5.32 Å². The van der Waals surface area contributed by atoms with Gasteiger partial charge in [0.15, 0.2) is 0 Å². The average molecular weight is 299 g/mol. The quantitative estimate of drug-likeness (QED) is 0.704. The van der Waals surface area contributed by atoms with E-state index in [4.69, 9.17) is 4.74 Å². The van der Waals surface area contributed by atoms with Gasteiger partial charge in [0.1, 0.15) is 0 Å². The summed E-state index contributed by atoms with van der Waals surface area (Å²) in [7, 11) is 2.24. The smallest absolute Gasteiger partial charge is 0.0596 e. The second kappa shape index (κ2) is 9.12. The van der Waals surface area contributed by atoms with E-state index in [0.29, 0.717) is 17.6 Å². The molecule has 0 amide bonds. The molecule has 126 valence electrons. The Balaban J connectivity index is 2.44. The Hall–Kier alpha value is -0.120. The molecule has 0 saturated heterocycles. The molecular formula is C18H38N2O. The van der Waals surface area contributed by atoms with Crippen molar-refractivity contribution in [2.45, 2.75) is 72.4 Å². The first-order chi connectivity index (χ1) is 9.84. The molecule has 21 heavy (non-hydrogen) atoms. The highest BCUT2D eigenvalue weighted by atomic mass is 16.5. The van der Waals surface area contributed by atoms with Crippen LogP contribution in [-0.4, -0.2) is 50.3 Å². The zero-order valence-corrected chi connectivity index (χ0v) is 15.2. The summed E-state index contributed by atoms with van der Waals surface area (Å²) in [6.45, 7) is 15.5. The predicted molar refractivity (Wildman–Crippen MR) is 91.8 cm³/mol. The summed E-state index contributed by atoms with van der Waals surface area (Å²) in [5, 5.41) is 3.78. The van der Waals surface area contributed by atoms with Crippen LogP contribution in [0.2, 0.25) is 0 Å². The second-order valence-electron chi connectivity index (χ2n) is 7.91. The monoisotopic (exact) mass is 298 g/mol. The lowest BCUT2D eigenvalue weighted by Crippen LogP contribution is -2.47. The Kier molecular flexibility index (Phi) is 8.22. The number of rotatable bonds is 9. The molecule has 0 aliphatic heterocycles. The van der Waals surface area contributed by atoms with Gasteiger partial charge in [0.25, 0.3) is 0 Å². The maximum Gasteiger partial charge on any atom is 0.0596 e. The molecular weight excluding hydrogens is 260 g/mol. The van der Waals surface area contributed by atoms with E-state index < -0.39 is 0 Å². The van der Waals surface area contributed by atoms with Crippen LogP contribution >= 0.6 is 0 Å². The highest BCUT2D eigenvalue weighted by Gasteiger charge is 2.34. The third-order valence-corrected chi connectivity index (χ3v) is 4.64. The Morgan fingerprint density at radius 3 is 2.67 bits per heavy atom. The van der Waals surface area contributed by atoms with Crippen molar-refractivity contribution in [1.82, 2.24) is 10.2 Å². The van der Waals surface area contributed by atoms with Crippen molar-refractivity contribution in [2.75, 3.05) is 33.3 Å². The summed E-state index contributed by atoms with van der Waals surface area (Å²) in [5.41, 5.74) is 0.504. The Bertz CT molecular complexity index is 278. The van der Waals surface area contributed by atoms with Crippen LogP contribution in [0.5, 0.6) is 0 Å². The summed E-state index contributed by atoms with van der Waals surface area (Å²) in [5.74, 6) is 0.768. The van der Waals surface area contributed by atoms with E-state index >= 15 is 0 Å². The van der Waals surface area contributed by atoms with Gasteiger partial charge < -0.3 is 15.0 Å². The first-order valence-corrected chi connectivity index (χ1v) is 8.87. The normalized spacial score (nSPS) is 25.7. The molecule has 3 nitrogen and oxygen atoms in total. The van der Waals surface area contributed by atoms with Crippen molar-refractivity contribution in [2.24, 2.45) is 11.3 Å². The zero-order valence-electron chi connectivity index (χ0n) is 15.2. The van der Waals surface area contributed by atoms with Gasteiger partial charge in [-0.15, -0.1) is 0 Å². The second-order valence-corrected chi connectivity index (χ2v) is 7.91. The predicted octanol–water partition coefficient (Wildman–Crippen LogP) is 3.54. The Labute approximate surface area is 132 Å². The van der Waals surface area contributed by atoms with Gasteiger partial charge >= 0.3 is 0 Å². The summed E-state index contributed by atoms with van der Waals surface area (Å²) >= 11 is 0. The molecule has 1 aliphatic rings. The van der Waals surface area contributed by atoms with Crippen LogP contribution in [-0.2, 0) is 4.74 Å². The fraction of sp³-hybridized carbons (Fsp3) is 1.00. The van der Waals surface area contributed by atoms with E-state index in [9.17, 15) is 0 Å². The third-order valence-electron chi connectivity index (χ3n) is 4.64. The van der Waals surface area contributed by atoms with Gasteiger partial charge in [0.05, 0.1) is 12.7 Å². The Morgan fingerprint density at radius 1 is 1.33 bits per heavy atom. The minimum absolute atomic E-state index is 0.339. The van der Waals surface area contributed by atoms with Gasteiger partial charge in [-0.1, -0.05) is 20.8 Å². The van der Waals surface area contributed by atoms with Crippen molar-refractivity contribution in [3.63, 3.8) is 0 Å². The minimum atomic E-state index is 0.339. The molecule has 1 fully saturated rings. The molecule has 0 radical (unpaired) electrons. The first kappa shape index (κ1) is 18.9. The highest BCUT2D eigenvalue weighted by molar-refractivity contribution is 4.90. The van der Waals surface area contributed by atoms with Crippen molar-refractivity contribution < 1.29 is 4.74 Å². The molecule has 1 aliphatic carbocycles. The number of nitrogens with one attached hydrogen (secondary N) is 1. The molecule has 1 rings (SSSR count). The molecule has 0 aromatic carbocycles. The third kappa shape index (κ3) is 7.62. The summed E-state index contributed by atoms with van der Waals surface area (Å²) < 4.78 is 5.68. The number of hydrogen-bond acceptors (Lipinski definition) is 3. The molecule has 0 aromatic rings. The van der Waals surface area contributed by atoms with E-state index in [-0.39, 0.29) is 0 Å². The summed E-state index contributed by atoms with van der Waals surface area (Å²) in [6, 6.07) is 0.700. The van der Waals surface area contributed by atoms with Crippen LogP contribution in [0.1, 0.15) is 60.3 Å². The minimum Gasteiger partial charge on any atom is -0.377 e. The Morgan fingerprint density at radius 2 is 2.05 bits per heavy atom. The maximum atomic E-state index is 5.68. The maximum absolute atomic E-state index is 5.68. The zero-order chi connectivity index (χ0) is 15.9. The van der Waals surface area contributed by atoms with Gasteiger partial charge in [-0.25, -0.2) is 0 Å². The molecule has 2 atom stereocenters. The van der Waals surface area contributed by atoms with Crippen LogP contribution in [0.15, 0.2) is 0 Å². The van der Waals surface area contributed by atoms with Gasteiger partial charge in [-0.3, -0.25) is 0 Å². The fourth-order valence-electron chi connectivity index (χ4n) is 3.46. The average Bonchev–Trinajstić information content (AvgIpc) is 2.36. The van der Waals surface area contributed by atoms with Gasteiger partial charge in [0.2, 0.25) is 0 Å². The number of likely N-dealkylation sites (N-methyl/N-ethyl adjacent to an activating group) is 1. The lowest BCUT2D eigenvalue weighted by atomic mass is 9.69. The SMILES string of the molecule is CCCNC1CCC(C)(C)CC1CN(C)CCOC(C)C. The van der Waals surface area contributed by atoms with Crippen LogP contribution in [0.4, 0.5) is 0 Å². The van der Waals surface area contributed by atoms with Crippen molar-refractivity contribution in [3.8, 4) is 0 Å². The van der Waals surface area contributed by atoms with Crippen molar-refractivity contribution >= 4 is 0 Å². The molecule has 2 unspecified atom stereocenters. The standard InChI is InChI=1S/C18H38N2O/c1-7-10-19-17-8-9-18(4,5)13-16(17)14-20(6)11-12-21-15(2)3/h15-17,19H,7-14H2,1-6H3. The van der Waals surface area contributed by atoms with Crippen molar-refractivity contribution in [1.29, 1.82) is 0 Å². The van der Waals surface area contributed by atoms with E-state index in [2.05, 4.69) is 51.9 Å². The molecule has 3 heteroatoms. The number of hydrogen-bond donors (Lipinski definition) is 1. The molecule has 1 saturated carbocycles. The van der Waals surface area contributed by atoms with Crippen LogP contribution in [0.25, 0.3) is 0 Å². The van der Waals surface area contributed by atoms with Gasteiger partial charge in [-0.05, 0) is 64.5 Å². The topological polar surface area (TPSA) is 24.5 Å². The molecule has 1 N–H and O–H groups in total. The van der Waals surface area contributed by atoms with Crippen LogP contribution in [0.3, 0.4) is 0 Å². The van der Waals surface area contributed by atoms with E-state index in [1.54, 1.807) is 0 Å². The number of nitrogens with zero attached hydrogens (tertiary/aromatic N) is 1. The van der Waals surface area contributed by atoms with E-state index in [1.807, 2.05) is 0 Å². The van der Waals surface area contributed by atoms with Gasteiger partial charge in [-0.2, -0.15) is 0 Å². The lowest BCUT2D eigenvalue weighted by Gasteiger charge is -2.42.